The number of hydrogen-bond acceptors (Lipinski definition) is 7. The van der Waals surface area contributed by atoms with E-state index in [9.17, 15) is 29.3 Å². The summed E-state index contributed by atoms with van der Waals surface area (Å²) in [7, 11) is 0. The molecule has 1 unspecified atom stereocenters. The molecular weight excluding hydrogens is 482 g/mol. The molecule has 0 bridgehead atoms. The zero-order chi connectivity index (χ0) is 27.4. The number of nitrogens with one attached hydrogen (secondary N) is 3. The molecule has 0 aliphatic carbocycles. The van der Waals surface area contributed by atoms with Crippen molar-refractivity contribution in [3.8, 4) is 0 Å². The lowest BCUT2D eigenvalue weighted by Gasteiger charge is -2.22. The van der Waals surface area contributed by atoms with E-state index in [1.54, 1.807) is 6.07 Å². The number of nitrogens with zero attached hydrogens (tertiary/aromatic N) is 1. The predicted molar refractivity (Wildman–Crippen MR) is 133 cm³/mol. The van der Waals surface area contributed by atoms with Gasteiger partial charge in [0.1, 0.15) is 12.0 Å². The second-order valence-electron chi connectivity index (χ2n) is 8.80. The van der Waals surface area contributed by atoms with Gasteiger partial charge in [0.2, 0.25) is 17.7 Å². The van der Waals surface area contributed by atoms with Crippen molar-refractivity contribution < 1.29 is 28.9 Å². The fourth-order valence-electron chi connectivity index (χ4n) is 3.42. The predicted octanol–water partition coefficient (Wildman–Crippen LogP) is 1.48. The molecule has 2 rings (SSSR count). The number of non-ortho nitro benzene ring substituents is 1. The van der Waals surface area contributed by atoms with Gasteiger partial charge in [0.05, 0.1) is 18.0 Å². The van der Waals surface area contributed by atoms with Gasteiger partial charge in [0.15, 0.2) is 0 Å². The van der Waals surface area contributed by atoms with Crippen LogP contribution in [0.3, 0.4) is 0 Å². The molecule has 0 aliphatic heterocycles. The van der Waals surface area contributed by atoms with E-state index in [2.05, 4.69) is 16.1 Å². The normalized spacial score (nSPS) is 12.3. The lowest BCUT2D eigenvalue weighted by Crippen LogP contribution is -2.52. The van der Waals surface area contributed by atoms with E-state index in [0.717, 1.165) is 5.56 Å². The van der Waals surface area contributed by atoms with Gasteiger partial charge in [-0.05, 0) is 23.5 Å². The quantitative estimate of drug-likeness (QED) is 0.167. The van der Waals surface area contributed by atoms with Crippen LogP contribution >= 0.6 is 0 Å². The first-order valence-electron chi connectivity index (χ1n) is 11.6. The largest absolute Gasteiger partial charge is 0.370 e. The molecule has 2 aromatic carbocycles. The van der Waals surface area contributed by atoms with Crippen LogP contribution in [-0.2, 0) is 37.2 Å². The van der Waals surface area contributed by atoms with Crippen molar-refractivity contribution in [1.82, 2.24) is 16.1 Å². The number of nitro groups is 1. The molecule has 0 aromatic heterocycles. The summed E-state index contributed by atoms with van der Waals surface area (Å²) < 4.78 is 0. The Bertz CT molecular complexity index is 1110. The average molecular weight is 514 g/mol. The standard InChI is InChI=1S/C25H31N5O7/c1-16(2)11-20(24(33)29-37-15-17-7-4-3-5-8-17)23(32)28-21(13-22(26)31)25(34)27-14-18-9-6-10-19(12-18)30(35)36/h3-10,12,16,20-21H,11,13-15H2,1-2H3,(H2,26,31)(H,27,34)(H,28,32)(H,29,33)/t20?,21-/m0/s1. The van der Waals surface area contributed by atoms with Crippen LogP contribution in [0.5, 0.6) is 0 Å². The van der Waals surface area contributed by atoms with Crippen LogP contribution in [0.15, 0.2) is 54.6 Å². The molecule has 5 N–H and O–H groups in total. The number of hydrogen-bond donors (Lipinski definition) is 4. The number of rotatable bonds is 14. The van der Waals surface area contributed by atoms with Gasteiger partial charge < -0.3 is 16.4 Å². The molecule has 0 saturated carbocycles. The van der Waals surface area contributed by atoms with Crippen LogP contribution in [0.4, 0.5) is 5.69 Å². The summed E-state index contributed by atoms with van der Waals surface area (Å²) in [6, 6.07) is 13.4. The van der Waals surface area contributed by atoms with Crippen molar-refractivity contribution in [1.29, 1.82) is 0 Å². The SMILES string of the molecule is CC(C)CC(C(=O)NOCc1ccccc1)C(=O)N[C@@H](CC(N)=O)C(=O)NCc1cccc([N+](=O)[O-])c1. The third-order valence-corrected chi connectivity index (χ3v) is 5.22. The fourth-order valence-corrected chi connectivity index (χ4v) is 3.42. The van der Waals surface area contributed by atoms with E-state index in [1.165, 1.54) is 18.2 Å². The van der Waals surface area contributed by atoms with Gasteiger partial charge in [-0.25, -0.2) is 5.48 Å². The Morgan fingerprint density at radius 2 is 1.65 bits per heavy atom. The maximum absolute atomic E-state index is 13.0. The van der Waals surface area contributed by atoms with Crippen molar-refractivity contribution >= 4 is 29.3 Å². The molecule has 4 amide bonds. The number of carbonyl (C=O) groups is 4. The highest BCUT2D eigenvalue weighted by atomic mass is 16.7. The maximum atomic E-state index is 13.0. The minimum Gasteiger partial charge on any atom is -0.370 e. The van der Waals surface area contributed by atoms with Crippen molar-refractivity contribution in [3.63, 3.8) is 0 Å². The molecule has 2 aromatic rings. The zero-order valence-electron chi connectivity index (χ0n) is 20.6. The molecule has 0 spiro atoms. The summed E-state index contributed by atoms with van der Waals surface area (Å²) in [6.07, 6.45) is -0.349. The monoisotopic (exact) mass is 513 g/mol. The number of nitro benzene ring substituents is 1. The van der Waals surface area contributed by atoms with Gasteiger partial charge in [0, 0.05) is 18.7 Å². The zero-order valence-corrected chi connectivity index (χ0v) is 20.6. The number of primary amides is 1. The van der Waals surface area contributed by atoms with E-state index in [4.69, 9.17) is 10.6 Å². The Balaban J connectivity index is 2.04. The fraction of sp³-hybridized carbons (Fsp3) is 0.360. The van der Waals surface area contributed by atoms with Gasteiger partial charge >= 0.3 is 0 Å². The number of hydroxylamine groups is 1. The number of nitrogens with two attached hydrogens (primary N) is 1. The molecule has 0 aliphatic rings. The number of carbonyl (C=O) groups excluding carboxylic acids is 4. The summed E-state index contributed by atoms with van der Waals surface area (Å²) >= 11 is 0. The first kappa shape index (κ1) is 28.9. The lowest BCUT2D eigenvalue weighted by molar-refractivity contribution is -0.384. The number of amides is 4. The maximum Gasteiger partial charge on any atom is 0.269 e. The van der Waals surface area contributed by atoms with Crippen LogP contribution in [0.1, 0.15) is 37.8 Å². The second-order valence-corrected chi connectivity index (χ2v) is 8.80. The Labute approximate surface area is 214 Å². The Morgan fingerprint density at radius 3 is 2.27 bits per heavy atom. The molecule has 0 heterocycles. The lowest BCUT2D eigenvalue weighted by atomic mass is 9.95. The van der Waals surface area contributed by atoms with Crippen molar-refractivity contribution in [2.45, 2.75) is 45.9 Å². The molecule has 0 saturated heterocycles. The van der Waals surface area contributed by atoms with Gasteiger partial charge in [-0.1, -0.05) is 56.3 Å². The van der Waals surface area contributed by atoms with E-state index in [0.29, 0.717) is 5.56 Å². The van der Waals surface area contributed by atoms with E-state index in [-0.39, 0.29) is 31.2 Å². The minimum absolute atomic E-state index is 0.0482. The van der Waals surface area contributed by atoms with Gasteiger partial charge in [0.25, 0.3) is 11.6 Å². The summed E-state index contributed by atoms with van der Waals surface area (Å²) in [5.74, 6) is -4.29. The first-order valence-corrected chi connectivity index (χ1v) is 11.6. The Hall–Kier alpha value is -4.32. The highest BCUT2D eigenvalue weighted by molar-refractivity contribution is 6.02. The molecule has 0 radical (unpaired) electrons. The van der Waals surface area contributed by atoms with Crippen LogP contribution in [-0.4, -0.2) is 34.6 Å². The minimum atomic E-state index is -1.35. The molecule has 12 heteroatoms. The smallest absolute Gasteiger partial charge is 0.269 e. The van der Waals surface area contributed by atoms with Crippen molar-refractivity contribution in [2.75, 3.05) is 0 Å². The molecule has 37 heavy (non-hydrogen) atoms. The summed E-state index contributed by atoms with van der Waals surface area (Å²) in [4.78, 5) is 65.7. The highest BCUT2D eigenvalue weighted by Crippen LogP contribution is 2.15. The third-order valence-electron chi connectivity index (χ3n) is 5.22. The molecule has 0 fully saturated rings. The van der Waals surface area contributed by atoms with E-state index in [1.807, 2.05) is 44.2 Å². The van der Waals surface area contributed by atoms with Crippen molar-refractivity contribution in [3.05, 3.63) is 75.8 Å². The number of benzene rings is 2. The average Bonchev–Trinajstić information content (AvgIpc) is 2.85. The van der Waals surface area contributed by atoms with E-state index < -0.39 is 46.9 Å². The van der Waals surface area contributed by atoms with Gasteiger partial charge in [-0.15, -0.1) is 0 Å². The van der Waals surface area contributed by atoms with Crippen LogP contribution in [0.2, 0.25) is 0 Å². The van der Waals surface area contributed by atoms with Crippen LogP contribution in [0.25, 0.3) is 0 Å². The molecule has 2 atom stereocenters. The molecular formula is C25H31N5O7. The Kier molecular flexibility index (Phi) is 11.2. The van der Waals surface area contributed by atoms with Gasteiger partial charge in [-0.3, -0.25) is 34.1 Å². The van der Waals surface area contributed by atoms with E-state index >= 15 is 0 Å². The van der Waals surface area contributed by atoms with Crippen LogP contribution in [0, 0.1) is 22.0 Å². The van der Waals surface area contributed by atoms with Crippen molar-refractivity contribution in [2.24, 2.45) is 17.6 Å². The van der Waals surface area contributed by atoms with Gasteiger partial charge in [-0.2, -0.15) is 0 Å². The molecule has 198 valence electrons. The highest BCUT2D eigenvalue weighted by Gasteiger charge is 2.32. The Morgan fingerprint density at radius 1 is 0.973 bits per heavy atom. The van der Waals surface area contributed by atoms with Crippen LogP contribution < -0.4 is 21.8 Å². The second kappa shape index (κ2) is 14.3. The topological polar surface area (TPSA) is 183 Å². The summed E-state index contributed by atoms with van der Waals surface area (Å²) in [5.41, 5.74) is 8.65. The third kappa shape index (κ3) is 10.1. The summed E-state index contributed by atoms with van der Waals surface area (Å²) in [5, 5.41) is 15.9. The molecule has 12 nitrogen and oxygen atoms in total. The summed E-state index contributed by atoms with van der Waals surface area (Å²) in [6.45, 7) is 3.65. The first-order chi connectivity index (χ1) is 17.6.